The SMILES string of the molecule is Cc1ccc(CNC(=O)CN2N=NC3C(=O)N(c4ccc(F)c(Cl)c4)C(=O)C32)cc1. The Bertz CT molecular complexity index is 1060. The topological polar surface area (TPSA) is 94.4 Å². The van der Waals surface area contributed by atoms with Crippen LogP contribution in [0.3, 0.4) is 0 Å². The highest BCUT2D eigenvalue weighted by atomic mass is 35.5. The number of nitrogens with zero attached hydrogens (tertiary/aromatic N) is 4. The quantitative estimate of drug-likeness (QED) is 0.738. The zero-order valence-corrected chi connectivity index (χ0v) is 16.6. The molecule has 0 bridgehead atoms. The number of fused-ring (bicyclic) bond motifs is 1. The zero-order chi connectivity index (χ0) is 21.4. The number of hydrogen-bond donors (Lipinski definition) is 1. The van der Waals surface area contributed by atoms with E-state index in [0.717, 1.165) is 22.1 Å². The van der Waals surface area contributed by atoms with Crippen LogP contribution in [-0.4, -0.2) is 41.4 Å². The number of aryl methyl sites for hydroxylation is 1. The van der Waals surface area contributed by atoms with Crippen molar-refractivity contribution in [1.29, 1.82) is 0 Å². The van der Waals surface area contributed by atoms with E-state index in [9.17, 15) is 18.8 Å². The van der Waals surface area contributed by atoms with Crippen LogP contribution >= 0.6 is 11.6 Å². The molecule has 2 heterocycles. The number of hydrogen-bond acceptors (Lipinski definition) is 6. The average Bonchev–Trinajstić information content (AvgIpc) is 3.23. The summed E-state index contributed by atoms with van der Waals surface area (Å²) in [4.78, 5) is 38.7. The van der Waals surface area contributed by atoms with Crippen LogP contribution < -0.4 is 10.2 Å². The molecule has 30 heavy (non-hydrogen) atoms. The van der Waals surface area contributed by atoms with Crippen LogP contribution in [0.25, 0.3) is 0 Å². The second-order valence-electron chi connectivity index (χ2n) is 7.06. The lowest BCUT2D eigenvalue weighted by molar-refractivity contribution is -0.125. The third-order valence-corrected chi connectivity index (χ3v) is 5.22. The summed E-state index contributed by atoms with van der Waals surface area (Å²) in [5.41, 5.74) is 2.19. The average molecular weight is 430 g/mol. The van der Waals surface area contributed by atoms with Crippen molar-refractivity contribution in [2.24, 2.45) is 10.3 Å². The zero-order valence-electron chi connectivity index (χ0n) is 15.9. The lowest BCUT2D eigenvalue weighted by Gasteiger charge is -2.20. The van der Waals surface area contributed by atoms with Gasteiger partial charge in [0.2, 0.25) is 5.91 Å². The second-order valence-corrected chi connectivity index (χ2v) is 7.47. The number of benzene rings is 2. The number of rotatable bonds is 5. The predicted octanol–water partition coefficient (Wildman–Crippen LogP) is 2.40. The fourth-order valence-electron chi connectivity index (χ4n) is 3.34. The first kappa shape index (κ1) is 20.0. The molecule has 0 saturated carbocycles. The van der Waals surface area contributed by atoms with Gasteiger partial charge in [0.15, 0.2) is 12.1 Å². The van der Waals surface area contributed by atoms with E-state index in [-0.39, 0.29) is 23.2 Å². The lowest BCUT2D eigenvalue weighted by atomic mass is 10.1. The van der Waals surface area contributed by atoms with Gasteiger partial charge in [-0.25, -0.2) is 9.29 Å². The standard InChI is InChI=1S/C20H17ClFN5O3/c1-11-2-4-12(5-3-11)9-23-16(28)10-26-18-17(24-25-26)19(29)27(20(18)30)13-6-7-15(22)14(21)8-13/h2-8,17-18H,9-10H2,1H3,(H,23,28). The summed E-state index contributed by atoms with van der Waals surface area (Å²) >= 11 is 5.77. The van der Waals surface area contributed by atoms with Gasteiger partial charge < -0.3 is 5.32 Å². The van der Waals surface area contributed by atoms with Crippen LogP contribution in [0.1, 0.15) is 11.1 Å². The van der Waals surface area contributed by atoms with Crippen molar-refractivity contribution in [3.8, 4) is 0 Å². The second kappa shape index (κ2) is 7.83. The Kier molecular flexibility index (Phi) is 5.21. The fraction of sp³-hybridized carbons (Fsp3) is 0.250. The first-order valence-corrected chi connectivity index (χ1v) is 9.55. The molecule has 2 unspecified atom stereocenters. The summed E-state index contributed by atoms with van der Waals surface area (Å²) in [6, 6.07) is 9.19. The maximum atomic E-state index is 13.4. The van der Waals surface area contributed by atoms with Crippen molar-refractivity contribution in [1.82, 2.24) is 10.3 Å². The highest BCUT2D eigenvalue weighted by molar-refractivity contribution is 6.32. The van der Waals surface area contributed by atoms with Crippen LogP contribution in [0.4, 0.5) is 10.1 Å². The number of imide groups is 1. The number of nitrogens with one attached hydrogen (secondary N) is 1. The maximum Gasteiger partial charge on any atom is 0.263 e. The molecule has 8 nitrogen and oxygen atoms in total. The summed E-state index contributed by atoms with van der Waals surface area (Å²) in [6.07, 6.45) is 0. The molecule has 0 aromatic heterocycles. The van der Waals surface area contributed by atoms with Gasteiger partial charge in [0, 0.05) is 6.54 Å². The van der Waals surface area contributed by atoms with Gasteiger partial charge in [-0.1, -0.05) is 46.7 Å². The molecule has 0 aliphatic carbocycles. The maximum absolute atomic E-state index is 13.4. The molecular formula is C20H17ClFN5O3. The molecule has 4 rings (SSSR count). The van der Waals surface area contributed by atoms with Crippen LogP contribution in [-0.2, 0) is 20.9 Å². The monoisotopic (exact) mass is 429 g/mol. The van der Waals surface area contributed by atoms with Gasteiger partial charge in [-0.05, 0) is 30.7 Å². The van der Waals surface area contributed by atoms with E-state index in [2.05, 4.69) is 15.7 Å². The van der Waals surface area contributed by atoms with Gasteiger partial charge in [-0.3, -0.25) is 19.4 Å². The molecule has 2 aromatic carbocycles. The van der Waals surface area contributed by atoms with Crippen molar-refractivity contribution < 1.29 is 18.8 Å². The minimum absolute atomic E-state index is 0.143. The highest BCUT2D eigenvalue weighted by Gasteiger charge is 2.55. The summed E-state index contributed by atoms with van der Waals surface area (Å²) in [6.45, 7) is 2.07. The van der Waals surface area contributed by atoms with Crippen molar-refractivity contribution in [3.05, 3.63) is 64.4 Å². The first-order valence-electron chi connectivity index (χ1n) is 9.17. The molecule has 1 saturated heterocycles. The number of halogens is 2. The van der Waals surface area contributed by atoms with Crippen LogP contribution in [0.5, 0.6) is 0 Å². The van der Waals surface area contributed by atoms with E-state index in [1.54, 1.807) is 0 Å². The molecule has 3 amide bonds. The van der Waals surface area contributed by atoms with Gasteiger partial charge in [-0.15, -0.1) is 0 Å². The minimum Gasteiger partial charge on any atom is -0.350 e. The predicted molar refractivity (Wildman–Crippen MR) is 106 cm³/mol. The molecule has 2 aromatic rings. The van der Waals surface area contributed by atoms with Crippen molar-refractivity contribution in [3.63, 3.8) is 0 Å². The fourth-order valence-corrected chi connectivity index (χ4v) is 3.52. The molecular weight excluding hydrogens is 413 g/mol. The number of amides is 3. The Morgan fingerprint density at radius 3 is 2.60 bits per heavy atom. The molecule has 10 heteroatoms. The molecule has 154 valence electrons. The van der Waals surface area contributed by atoms with Crippen LogP contribution in [0.15, 0.2) is 52.8 Å². The molecule has 0 spiro atoms. The highest BCUT2D eigenvalue weighted by Crippen LogP contribution is 2.33. The first-order chi connectivity index (χ1) is 14.3. The number of anilines is 1. The Labute approximate surface area is 176 Å². The Morgan fingerprint density at radius 2 is 1.90 bits per heavy atom. The van der Waals surface area contributed by atoms with Gasteiger partial charge in [-0.2, -0.15) is 5.11 Å². The van der Waals surface area contributed by atoms with E-state index < -0.39 is 29.7 Å². The molecule has 2 aliphatic heterocycles. The largest absolute Gasteiger partial charge is 0.350 e. The lowest BCUT2D eigenvalue weighted by Crippen LogP contribution is -2.44. The van der Waals surface area contributed by atoms with Crippen LogP contribution in [0, 0.1) is 12.7 Å². The van der Waals surface area contributed by atoms with Gasteiger partial charge in [0.1, 0.15) is 12.4 Å². The van der Waals surface area contributed by atoms with E-state index in [1.807, 2.05) is 31.2 Å². The van der Waals surface area contributed by atoms with Crippen molar-refractivity contribution in [2.45, 2.75) is 25.6 Å². The Morgan fingerprint density at radius 1 is 1.17 bits per heavy atom. The van der Waals surface area contributed by atoms with Crippen molar-refractivity contribution in [2.75, 3.05) is 11.4 Å². The normalized spacial score (nSPS) is 20.1. The van der Waals surface area contributed by atoms with E-state index in [1.165, 1.54) is 17.1 Å². The summed E-state index contributed by atoms with van der Waals surface area (Å²) in [7, 11) is 0. The van der Waals surface area contributed by atoms with Crippen LogP contribution in [0.2, 0.25) is 5.02 Å². The van der Waals surface area contributed by atoms with E-state index >= 15 is 0 Å². The van der Waals surface area contributed by atoms with E-state index in [0.29, 0.717) is 6.54 Å². The third-order valence-electron chi connectivity index (χ3n) is 4.94. The Hall–Kier alpha value is -3.33. The molecule has 2 atom stereocenters. The molecule has 1 N–H and O–H groups in total. The number of carbonyl (C=O) groups is 3. The summed E-state index contributed by atoms with van der Waals surface area (Å²) in [5, 5.41) is 11.4. The number of carbonyl (C=O) groups excluding carboxylic acids is 3. The smallest absolute Gasteiger partial charge is 0.263 e. The van der Waals surface area contributed by atoms with Crippen molar-refractivity contribution >= 4 is 35.0 Å². The van der Waals surface area contributed by atoms with Gasteiger partial charge in [0.25, 0.3) is 11.8 Å². The summed E-state index contributed by atoms with van der Waals surface area (Å²) in [5.74, 6) is -2.21. The van der Waals surface area contributed by atoms with Gasteiger partial charge >= 0.3 is 0 Å². The molecule has 1 fully saturated rings. The molecule has 0 radical (unpaired) electrons. The molecule has 2 aliphatic rings. The van der Waals surface area contributed by atoms with E-state index in [4.69, 9.17) is 11.6 Å². The third kappa shape index (κ3) is 3.63. The van der Waals surface area contributed by atoms with Gasteiger partial charge in [0.05, 0.1) is 10.7 Å². The summed E-state index contributed by atoms with van der Waals surface area (Å²) < 4.78 is 13.4. The Balaban J connectivity index is 1.43. The minimum atomic E-state index is -1.05.